The first kappa shape index (κ1) is 25.5. The summed E-state index contributed by atoms with van der Waals surface area (Å²) in [5.74, 6) is -0.363. The number of hydrogen-bond acceptors (Lipinski definition) is 7. The van der Waals surface area contributed by atoms with Crippen LogP contribution in [0.15, 0.2) is 55.2 Å². The number of para-hydroxylation sites is 1. The number of anilines is 1. The van der Waals surface area contributed by atoms with Gasteiger partial charge in [-0.15, -0.1) is 0 Å². The zero-order valence-electron chi connectivity index (χ0n) is 20.8. The van der Waals surface area contributed by atoms with Crippen LogP contribution in [-0.2, 0) is 6.54 Å². The predicted molar refractivity (Wildman–Crippen MR) is 138 cm³/mol. The summed E-state index contributed by atoms with van der Waals surface area (Å²) in [5, 5.41) is 17.7. The van der Waals surface area contributed by atoms with Gasteiger partial charge in [0.2, 0.25) is 0 Å². The fraction of sp³-hybridized carbons (Fsp3) is 0.296. The highest BCUT2D eigenvalue weighted by Gasteiger charge is 2.23. The summed E-state index contributed by atoms with van der Waals surface area (Å²) in [7, 11) is 0. The molecular weight excluding hydrogens is 495 g/mol. The molecule has 196 valence electrons. The summed E-state index contributed by atoms with van der Waals surface area (Å²) in [6.45, 7) is 4.93. The van der Waals surface area contributed by atoms with E-state index in [-0.39, 0.29) is 23.8 Å². The SMILES string of the molecule is CC(c1cccc2c(C(F)F)c(F)cnc12)[C@H](C)CNc1cc(-c2cnc3c(cnn3CCO)c2)ncn1. The standard InChI is InChI=1S/C27H26F3N7O/c1-15(16(2)19-4-3-5-20-24(26(29)30)21(28)13-32-25(19)20)10-31-23-9-22(34-14-35-23)17-8-18-12-36-37(6-7-38)27(18)33-11-17/h3-5,8-9,11-16,26,38H,6-7,10H2,1-2H3,(H,31,34,35)/t15-,16?/m1/s1. The van der Waals surface area contributed by atoms with Gasteiger partial charge in [0.1, 0.15) is 12.1 Å². The Kier molecular flexibility index (Phi) is 7.19. The van der Waals surface area contributed by atoms with E-state index in [0.717, 1.165) is 22.7 Å². The topological polar surface area (TPSA) is 102 Å². The van der Waals surface area contributed by atoms with E-state index in [9.17, 15) is 18.3 Å². The summed E-state index contributed by atoms with van der Waals surface area (Å²) in [5.41, 5.74) is 2.73. The molecule has 0 spiro atoms. The van der Waals surface area contributed by atoms with Crippen molar-refractivity contribution in [2.24, 2.45) is 5.92 Å². The van der Waals surface area contributed by atoms with Crippen molar-refractivity contribution in [3.05, 3.63) is 72.2 Å². The molecule has 38 heavy (non-hydrogen) atoms. The number of aromatic nitrogens is 6. The van der Waals surface area contributed by atoms with Crippen LogP contribution in [0, 0.1) is 11.7 Å². The molecule has 0 saturated carbocycles. The molecular formula is C27H26F3N7O. The Hall–Kier alpha value is -4.12. The van der Waals surface area contributed by atoms with Crippen molar-refractivity contribution >= 4 is 27.8 Å². The molecule has 2 N–H and O–H groups in total. The Morgan fingerprint density at radius 1 is 1.03 bits per heavy atom. The number of hydrogen-bond donors (Lipinski definition) is 2. The molecule has 0 aliphatic rings. The summed E-state index contributed by atoms with van der Waals surface area (Å²) in [4.78, 5) is 17.3. The molecule has 0 fully saturated rings. The summed E-state index contributed by atoms with van der Waals surface area (Å²) in [6.07, 6.45) is 2.82. The fourth-order valence-electron chi connectivity index (χ4n) is 4.56. The lowest BCUT2D eigenvalue weighted by Gasteiger charge is -2.22. The minimum absolute atomic E-state index is 0.0233. The van der Waals surface area contributed by atoms with Crippen LogP contribution < -0.4 is 5.32 Å². The molecule has 1 unspecified atom stereocenters. The monoisotopic (exact) mass is 521 g/mol. The minimum atomic E-state index is -2.93. The Bertz CT molecular complexity index is 1590. The van der Waals surface area contributed by atoms with Crippen LogP contribution in [0.2, 0.25) is 0 Å². The van der Waals surface area contributed by atoms with Crippen molar-refractivity contribution < 1.29 is 18.3 Å². The van der Waals surface area contributed by atoms with Gasteiger partial charge in [-0.05, 0) is 23.5 Å². The average Bonchev–Trinajstić information content (AvgIpc) is 3.33. The van der Waals surface area contributed by atoms with E-state index < -0.39 is 17.8 Å². The Balaban J connectivity index is 1.33. The van der Waals surface area contributed by atoms with E-state index >= 15 is 0 Å². The average molecular weight is 522 g/mol. The number of nitrogens with zero attached hydrogens (tertiary/aromatic N) is 6. The normalized spacial score (nSPS) is 13.3. The third-order valence-electron chi connectivity index (χ3n) is 6.84. The maximum Gasteiger partial charge on any atom is 0.267 e. The highest BCUT2D eigenvalue weighted by atomic mass is 19.3. The summed E-state index contributed by atoms with van der Waals surface area (Å²) < 4.78 is 42.7. The Morgan fingerprint density at radius 3 is 2.66 bits per heavy atom. The summed E-state index contributed by atoms with van der Waals surface area (Å²) in [6, 6.07) is 8.76. The minimum Gasteiger partial charge on any atom is -0.394 e. The van der Waals surface area contributed by atoms with Gasteiger partial charge in [-0.2, -0.15) is 5.10 Å². The number of nitrogens with one attached hydrogen (secondary N) is 1. The van der Waals surface area contributed by atoms with E-state index in [1.165, 1.54) is 12.4 Å². The van der Waals surface area contributed by atoms with Crippen LogP contribution in [0.4, 0.5) is 19.0 Å². The zero-order chi connectivity index (χ0) is 26.8. The van der Waals surface area contributed by atoms with Crippen LogP contribution in [0.25, 0.3) is 33.2 Å². The maximum absolute atomic E-state index is 14.1. The van der Waals surface area contributed by atoms with Gasteiger partial charge in [-0.25, -0.2) is 32.8 Å². The molecule has 2 atom stereocenters. The number of alkyl halides is 2. The second-order valence-corrected chi connectivity index (χ2v) is 9.23. The molecule has 0 bridgehead atoms. The molecule has 0 aliphatic heterocycles. The zero-order valence-corrected chi connectivity index (χ0v) is 20.8. The first-order valence-electron chi connectivity index (χ1n) is 12.2. The first-order valence-corrected chi connectivity index (χ1v) is 12.2. The molecule has 11 heteroatoms. The molecule has 0 saturated heterocycles. The van der Waals surface area contributed by atoms with Crippen LogP contribution in [0.3, 0.4) is 0 Å². The van der Waals surface area contributed by atoms with Gasteiger partial charge in [0.25, 0.3) is 6.43 Å². The van der Waals surface area contributed by atoms with Crippen molar-refractivity contribution in [1.29, 1.82) is 0 Å². The van der Waals surface area contributed by atoms with E-state index in [0.29, 0.717) is 35.8 Å². The third-order valence-corrected chi connectivity index (χ3v) is 6.84. The van der Waals surface area contributed by atoms with Gasteiger partial charge in [0, 0.05) is 35.1 Å². The number of aliphatic hydroxyl groups excluding tert-OH is 1. The Labute approximate surface area is 216 Å². The van der Waals surface area contributed by atoms with Gasteiger partial charge in [0.05, 0.1) is 42.3 Å². The lowest BCUT2D eigenvalue weighted by atomic mass is 9.87. The quantitative estimate of drug-likeness (QED) is 0.269. The van der Waals surface area contributed by atoms with Gasteiger partial charge >= 0.3 is 0 Å². The van der Waals surface area contributed by atoms with Crippen LogP contribution in [-0.4, -0.2) is 48.0 Å². The molecule has 4 heterocycles. The fourth-order valence-corrected chi connectivity index (χ4v) is 4.56. The van der Waals surface area contributed by atoms with Crippen molar-refractivity contribution in [3.63, 3.8) is 0 Å². The van der Waals surface area contributed by atoms with E-state index in [4.69, 9.17) is 0 Å². The first-order chi connectivity index (χ1) is 18.4. The van der Waals surface area contributed by atoms with Gasteiger partial charge < -0.3 is 10.4 Å². The molecule has 5 aromatic rings. The lowest BCUT2D eigenvalue weighted by molar-refractivity contribution is 0.148. The smallest absolute Gasteiger partial charge is 0.267 e. The van der Waals surface area contributed by atoms with Crippen LogP contribution >= 0.6 is 0 Å². The van der Waals surface area contributed by atoms with E-state index in [2.05, 4.69) is 30.4 Å². The number of pyridine rings is 2. The molecule has 0 amide bonds. The molecule has 0 radical (unpaired) electrons. The number of benzene rings is 1. The molecule has 8 nitrogen and oxygen atoms in total. The number of fused-ring (bicyclic) bond motifs is 2. The number of aliphatic hydroxyl groups is 1. The lowest BCUT2D eigenvalue weighted by Crippen LogP contribution is -2.18. The van der Waals surface area contributed by atoms with Crippen molar-refractivity contribution in [3.8, 4) is 11.3 Å². The van der Waals surface area contributed by atoms with Crippen molar-refractivity contribution in [2.45, 2.75) is 32.7 Å². The van der Waals surface area contributed by atoms with Crippen molar-refractivity contribution in [1.82, 2.24) is 29.7 Å². The molecule has 0 aliphatic carbocycles. The van der Waals surface area contributed by atoms with E-state index in [1.807, 2.05) is 32.0 Å². The second-order valence-electron chi connectivity index (χ2n) is 9.23. The van der Waals surface area contributed by atoms with Crippen molar-refractivity contribution in [2.75, 3.05) is 18.5 Å². The number of rotatable bonds is 9. The molecule has 5 rings (SSSR count). The Morgan fingerprint density at radius 2 is 1.87 bits per heavy atom. The predicted octanol–water partition coefficient (Wildman–Crippen LogP) is 5.36. The highest BCUT2D eigenvalue weighted by Crippen LogP contribution is 2.35. The largest absolute Gasteiger partial charge is 0.394 e. The third kappa shape index (κ3) is 4.89. The van der Waals surface area contributed by atoms with Gasteiger partial charge in [0.15, 0.2) is 11.5 Å². The maximum atomic E-state index is 14.1. The molecule has 4 aromatic heterocycles. The molecule has 1 aromatic carbocycles. The van der Waals surface area contributed by atoms with Crippen LogP contribution in [0.1, 0.15) is 37.3 Å². The van der Waals surface area contributed by atoms with Gasteiger partial charge in [-0.1, -0.05) is 32.0 Å². The van der Waals surface area contributed by atoms with Crippen LogP contribution in [0.5, 0.6) is 0 Å². The highest BCUT2D eigenvalue weighted by molar-refractivity contribution is 5.86. The second kappa shape index (κ2) is 10.7. The van der Waals surface area contributed by atoms with Gasteiger partial charge in [-0.3, -0.25) is 4.98 Å². The number of halogens is 3. The summed E-state index contributed by atoms with van der Waals surface area (Å²) >= 11 is 0. The van der Waals surface area contributed by atoms with E-state index in [1.54, 1.807) is 23.1 Å².